The van der Waals surface area contributed by atoms with Gasteiger partial charge in [-0.25, -0.2) is 0 Å². The summed E-state index contributed by atoms with van der Waals surface area (Å²) in [6.07, 6.45) is 4.16. The molecular weight excluding hydrogens is 492 g/mol. The molecule has 4 aliphatic heterocycles. The van der Waals surface area contributed by atoms with Crippen molar-refractivity contribution >= 4 is 22.3 Å². The van der Waals surface area contributed by atoms with Gasteiger partial charge < -0.3 is 35.0 Å². The molecule has 4 atom stereocenters. The van der Waals surface area contributed by atoms with Gasteiger partial charge in [0.1, 0.15) is 18.2 Å². The van der Waals surface area contributed by atoms with Crippen LogP contribution in [0.25, 0.3) is 10.8 Å². The first kappa shape index (κ1) is 24.9. The van der Waals surface area contributed by atoms with Crippen molar-refractivity contribution < 1.29 is 14.9 Å². The number of rotatable bonds is 6. The van der Waals surface area contributed by atoms with E-state index < -0.39 is 0 Å². The predicted molar refractivity (Wildman–Crippen MR) is 152 cm³/mol. The highest BCUT2D eigenvalue weighted by molar-refractivity contribution is 5.95. The molecule has 2 bridgehead atoms. The molecule has 0 radical (unpaired) electrons. The number of nitrogens with one attached hydrogen (secondary N) is 1. The van der Waals surface area contributed by atoms with Gasteiger partial charge in [0.05, 0.1) is 12.2 Å². The van der Waals surface area contributed by atoms with Gasteiger partial charge in [-0.3, -0.25) is 0 Å². The van der Waals surface area contributed by atoms with Crippen LogP contribution in [-0.4, -0.2) is 89.6 Å². The molecule has 3 saturated heterocycles. The maximum Gasteiger partial charge on any atom is 0.318 e. The maximum atomic E-state index is 10.5. The second-order valence-electron chi connectivity index (χ2n) is 11.8. The van der Waals surface area contributed by atoms with Gasteiger partial charge in [-0.1, -0.05) is 24.3 Å². The molecular formula is C30H38N6O3. The molecule has 7 rings (SSSR count). The molecule has 3 N–H and O–H groups in total. The van der Waals surface area contributed by atoms with E-state index >= 15 is 0 Å². The van der Waals surface area contributed by atoms with Crippen molar-refractivity contribution in [2.45, 2.75) is 50.4 Å². The molecule has 5 heterocycles. The van der Waals surface area contributed by atoms with Crippen LogP contribution < -0.4 is 19.9 Å². The lowest BCUT2D eigenvalue weighted by atomic mass is 10.0. The molecule has 1 aromatic heterocycles. The number of aliphatic hydroxyl groups excluding tert-OH is 1. The third kappa shape index (κ3) is 4.66. The van der Waals surface area contributed by atoms with Gasteiger partial charge in [-0.05, 0) is 50.7 Å². The first-order chi connectivity index (χ1) is 19.1. The maximum absolute atomic E-state index is 10.5. The Labute approximate surface area is 229 Å². The number of piperazine rings is 1. The number of anilines is 2. The Balaban J connectivity index is 1.23. The summed E-state index contributed by atoms with van der Waals surface area (Å²) in [7, 11) is 2.16. The van der Waals surface area contributed by atoms with Crippen molar-refractivity contribution in [3.63, 3.8) is 0 Å². The number of hydrogen-bond donors (Lipinski definition) is 3. The molecule has 0 saturated carbocycles. The number of benzene rings is 2. The van der Waals surface area contributed by atoms with E-state index in [0.717, 1.165) is 73.4 Å². The average molecular weight is 531 g/mol. The number of aromatic nitrogens is 2. The molecule has 3 fully saturated rings. The summed E-state index contributed by atoms with van der Waals surface area (Å²) in [4.78, 5) is 17.1. The molecule has 39 heavy (non-hydrogen) atoms. The Morgan fingerprint density at radius 3 is 2.85 bits per heavy atom. The van der Waals surface area contributed by atoms with Crippen LogP contribution in [0.5, 0.6) is 11.8 Å². The van der Waals surface area contributed by atoms with Crippen LogP contribution in [-0.2, 0) is 13.0 Å². The quantitative estimate of drug-likeness (QED) is 0.444. The van der Waals surface area contributed by atoms with Gasteiger partial charge in [-0.2, -0.15) is 9.97 Å². The molecule has 4 aliphatic rings. The SMILES string of the molecule is CN1CCC[C@H]1COc1nc2c(c(N3C[C@@H]4C[C@H](CO)[C@H](C3)N4)n1)CCN(c1cc(O)cc3ccccc13)C2. The smallest absolute Gasteiger partial charge is 0.318 e. The molecule has 0 unspecified atom stereocenters. The number of phenolic OH excluding ortho intramolecular Hbond substituents is 1. The van der Waals surface area contributed by atoms with Crippen molar-refractivity contribution in [2.24, 2.45) is 5.92 Å². The van der Waals surface area contributed by atoms with Crippen LogP contribution in [0.4, 0.5) is 11.5 Å². The summed E-state index contributed by atoms with van der Waals surface area (Å²) in [6, 6.07) is 13.4. The summed E-state index contributed by atoms with van der Waals surface area (Å²) >= 11 is 0. The highest BCUT2D eigenvalue weighted by Crippen LogP contribution is 2.37. The molecule has 3 aromatic rings. The van der Waals surface area contributed by atoms with Gasteiger partial charge >= 0.3 is 6.01 Å². The van der Waals surface area contributed by atoms with E-state index in [-0.39, 0.29) is 18.4 Å². The fourth-order valence-corrected chi connectivity index (χ4v) is 7.14. The third-order valence-electron chi connectivity index (χ3n) is 9.26. The lowest BCUT2D eigenvalue weighted by Gasteiger charge is -2.38. The van der Waals surface area contributed by atoms with E-state index in [1.165, 1.54) is 12.0 Å². The largest absolute Gasteiger partial charge is 0.508 e. The van der Waals surface area contributed by atoms with Crippen LogP contribution in [0.1, 0.15) is 30.5 Å². The van der Waals surface area contributed by atoms with Gasteiger partial charge in [0.2, 0.25) is 0 Å². The van der Waals surface area contributed by atoms with E-state index in [4.69, 9.17) is 14.7 Å². The highest BCUT2D eigenvalue weighted by Gasteiger charge is 2.41. The van der Waals surface area contributed by atoms with Crippen LogP contribution >= 0.6 is 0 Å². The average Bonchev–Trinajstić information content (AvgIpc) is 3.50. The van der Waals surface area contributed by atoms with Gasteiger partial charge in [0.25, 0.3) is 0 Å². The lowest BCUT2D eigenvalue weighted by Crippen LogP contribution is -2.53. The number of fused-ring (bicyclic) bond motifs is 4. The van der Waals surface area contributed by atoms with Crippen molar-refractivity contribution in [3.8, 4) is 11.8 Å². The monoisotopic (exact) mass is 530 g/mol. The first-order valence-corrected chi connectivity index (χ1v) is 14.4. The normalized spacial score (nSPS) is 26.8. The standard InChI is InChI=1S/C30H38N6O3/c1-34-9-4-6-22(34)18-39-30-32-27-16-35(28-13-23(38)12-19-5-2-3-7-24(19)28)10-8-25(27)29(33-30)36-14-21-11-20(17-37)26(15-36)31-21/h2-3,5,7,12-13,20-22,26,31,37-38H,4,6,8-11,14-18H2,1H3/t20-,21+,22+,26+/m1/s1. The van der Waals surface area contributed by atoms with E-state index in [9.17, 15) is 10.2 Å². The number of aliphatic hydroxyl groups is 1. The predicted octanol–water partition coefficient (Wildman–Crippen LogP) is 2.53. The number of aromatic hydroxyl groups is 1. The lowest BCUT2D eigenvalue weighted by molar-refractivity contribution is 0.187. The Bertz CT molecular complexity index is 1370. The zero-order valence-corrected chi connectivity index (χ0v) is 22.6. The van der Waals surface area contributed by atoms with Gasteiger partial charge in [0, 0.05) is 73.0 Å². The van der Waals surface area contributed by atoms with Crippen LogP contribution in [0.15, 0.2) is 36.4 Å². The molecule has 0 spiro atoms. The van der Waals surface area contributed by atoms with Crippen LogP contribution in [0.2, 0.25) is 0 Å². The fraction of sp³-hybridized carbons (Fsp3) is 0.533. The summed E-state index contributed by atoms with van der Waals surface area (Å²) < 4.78 is 6.30. The number of nitrogens with zero attached hydrogens (tertiary/aromatic N) is 5. The number of likely N-dealkylation sites (tertiary alicyclic amines) is 1. The molecule has 0 aliphatic carbocycles. The number of likely N-dealkylation sites (N-methyl/N-ethyl adjacent to an activating group) is 1. The van der Waals surface area contributed by atoms with Gasteiger partial charge in [0.15, 0.2) is 0 Å². The summed E-state index contributed by atoms with van der Waals surface area (Å²) in [5, 5.41) is 26.2. The summed E-state index contributed by atoms with van der Waals surface area (Å²) in [5.74, 6) is 1.56. The van der Waals surface area contributed by atoms with E-state index in [1.807, 2.05) is 30.3 Å². The van der Waals surface area contributed by atoms with Crippen molar-refractivity contribution in [1.82, 2.24) is 20.2 Å². The van der Waals surface area contributed by atoms with Gasteiger partial charge in [-0.15, -0.1) is 0 Å². The number of phenols is 1. The number of ether oxygens (including phenoxy) is 1. The van der Waals surface area contributed by atoms with Crippen molar-refractivity contribution in [2.75, 3.05) is 56.2 Å². The van der Waals surface area contributed by atoms with Crippen molar-refractivity contribution in [3.05, 3.63) is 47.7 Å². The van der Waals surface area contributed by atoms with E-state index in [2.05, 4.69) is 33.1 Å². The Morgan fingerprint density at radius 2 is 2.00 bits per heavy atom. The zero-order chi connectivity index (χ0) is 26.5. The Kier molecular flexibility index (Phi) is 6.45. The molecule has 0 amide bonds. The van der Waals surface area contributed by atoms with Crippen LogP contribution in [0, 0.1) is 5.92 Å². The fourth-order valence-electron chi connectivity index (χ4n) is 7.14. The minimum Gasteiger partial charge on any atom is -0.508 e. The van der Waals surface area contributed by atoms with E-state index in [1.54, 1.807) is 0 Å². The minimum atomic E-state index is 0.222. The summed E-state index contributed by atoms with van der Waals surface area (Å²) in [5.41, 5.74) is 3.22. The molecule has 2 aromatic carbocycles. The van der Waals surface area contributed by atoms with Crippen molar-refractivity contribution in [1.29, 1.82) is 0 Å². The topological polar surface area (TPSA) is 97.2 Å². The summed E-state index contributed by atoms with van der Waals surface area (Å²) in [6.45, 7) is 5.08. The highest BCUT2D eigenvalue weighted by atomic mass is 16.5. The Morgan fingerprint density at radius 1 is 1.10 bits per heavy atom. The van der Waals surface area contributed by atoms with Crippen LogP contribution in [0.3, 0.4) is 0 Å². The molecule has 9 heteroatoms. The first-order valence-electron chi connectivity index (χ1n) is 14.4. The molecule has 9 nitrogen and oxygen atoms in total. The van der Waals surface area contributed by atoms with E-state index in [0.29, 0.717) is 37.2 Å². The molecule has 206 valence electrons. The zero-order valence-electron chi connectivity index (χ0n) is 22.6. The minimum absolute atomic E-state index is 0.222. The Hall–Kier alpha value is -3.14. The second-order valence-corrected chi connectivity index (χ2v) is 11.8. The second kappa shape index (κ2) is 10.1. The third-order valence-corrected chi connectivity index (χ3v) is 9.26. The number of hydrogen-bond acceptors (Lipinski definition) is 9.